The van der Waals surface area contributed by atoms with Crippen molar-refractivity contribution >= 4 is 15.4 Å². The smallest absolute Gasteiger partial charge is 0.101 e. The molecule has 1 heterocycles. The molecule has 0 aliphatic heterocycles. The second kappa shape index (κ2) is 3.54. The summed E-state index contributed by atoms with van der Waals surface area (Å²) in [5, 5.41) is 8.56. The summed E-state index contributed by atoms with van der Waals surface area (Å²) < 4.78 is 15.2. The highest BCUT2D eigenvalue weighted by Crippen LogP contribution is 2.12. The summed E-state index contributed by atoms with van der Waals surface area (Å²) in [4.78, 5) is 3.80. The van der Waals surface area contributed by atoms with Crippen LogP contribution in [0.1, 0.15) is 5.56 Å². The van der Waals surface area contributed by atoms with Gasteiger partial charge in [-0.3, -0.25) is 4.98 Å². The van der Waals surface area contributed by atoms with Crippen molar-refractivity contribution in [2.24, 2.45) is 4.36 Å². The van der Waals surface area contributed by atoms with Crippen LogP contribution in [0.3, 0.4) is 0 Å². The van der Waals surface area contributed by atoms with E-state index in [1.807, 2.05) is 6.07 Å². The quantitative estimate of drug-likeness (QED) is 0.678. The summed E-state index contributed by atoms with van der Waals surface area (Å²) in [6.45, 7) is 0. The molecule has 13 heavy (non-hydrogen) atoms. The van der Waals surface area contributed by atoms with Crippen LogP contribution in [0.25, 0.3) is 0 Å². The van der Waals surface area contributed by atoms with Crippen molar-refractivity contribution in [3.8, 4) is 6.07 Å². The van der Waals surface area contributed by atoms with Gasteiger partial charge in [0, 0.05) is 28.4 Å². The maximum absolute atomic E-state index is 11.3. The van der Waals surface area contributed by atoms with Gasteiger partial charge in [0.15, 0.2) is 0 Å². The molecule has 1 aromatic rings. The number of nitrogens with zero attached hydrogens (tertiary/aromatic N) is 3. The van der Waals surface area contributed by atoms with E-state index in [0.717, 1.165) is 0 Å². The average Bonchev–Trinajstić information content (AvgIpc) is 2.01. The molecule has 0 aliphatic rings. The minimum atomic E-state index is -2.18. The third kappa shape index (κ3) is 3.22. The molecule has 0 atom stereocenters. The summed E-state index contributed by atoms with van der Waals surface area (Å²) in [5.41, 5.74) is 0.902. The monoisotopic (exact) mass is 195 g/mol. The number of rotatable bonds is 1. The molecule has 0 aromatic carbocycles. The first-order chi connectivity index (χ1) is 6.01. The van der Waals surface area contributed by atoms with Gasteiger partial charge >= 0.3 is 0 Å². The maximum Gasteiger partial charge on any atom is 0.101 e. The zero-order chi connectivity index (χ0) is 9.90. The normalized spacial score (nSPS) is 10.5. The first-order valence-electron chi connectivity index (χ1n) is 3.53. The van der Waals surface area contributed by atoms with E-state index in [-0.39, 0.29) is 0 Å². The topological polar surface area (TPSA) is 66.1 Å². The highest BCUT2D eigenvalue weighted by molar-refractivity contribution is 7.92. The lowest BCUT2D eigenvalue weighted by molar-refractivity contribution is 0.684. The van der Waals surface area contributed by atoms with Crippen LogP contribution in [0.5, 0.6) is 0 Å². The van der Waals surface area contributed by atoms with Crippen molar-refractivity contribution in [3.63, 3.8) is 0 Å². The molecule has 0 aliphatic carbocycles. The molecule has 0 saturated heterocycles. The molecule has 0 N–H and O–H groups in total. The Morgan fingerprint density at radius 3 is 2.77 bits per heavy atom. The second-order valence-electron chi connectivity index (χ2n) is 2.82. The Kier molecular flexibility index (Phi) is 2.63. The van der Waals surface area contributed by atoms with Crippen LogP contribution < -0.4 is 0 Å². The van der Waals surface area contributed by atoms with Crippen molar-refractivity contribution < 1.29 is 4.21 Å². The Balaban J connectivity index is 3.20. The fourth-order valence-corrected chi connectivity index (χ4v) is 1.40. The third-order valence-electron chi connectivity index (χ3n) is 1.18. The van der Waals surface area contributed by atoms with E-state index in [1.165, 1.54) is 24.9 Å². The van der Waals surface area contributed by atoms with Gasteiger partial charge in [0.2, 0.25) is 0 Å². The number of hydrogen-bond acceptors (Lipinski definition) is 4. The van der Waals surface area contributed by atoms with Gasteiger partial charge in [0.25, 0.3) is 0 Å². The fourth-order valence-electron chi connectivity index (χ4n) is 0.793. The lowest BCUT2D eigenvalue weighted by atomic mass is 10.3. The molecule has 0 amide bonds. The maximum atomic E-state index is 11.3. The Morgan fingerprint density at radius 1 is 1.54 bits per heavy atom. The molecule has 0 bridgehead atoms. The van der Waals surface area contributed by atoms with Gasteiger partial charge in [-0.05, 0) is 6.07 Å². The number of nitriles is 1. The molecule has 0 unspecified atom stereocenters. The predicted octanol–water partition coefficient (Wildman–Crippen LogP) is 1.31. The number of aromatic nitrogens is 1. The van der Waals surface area contributed by atoms with Crippen LogP contribution in [0.15, 0.2) is 22.8 Å². The first kappa shape index (κ1) is 9.68. The van der Waals surface area contributed by atoms with E-state index in [4.69, 9.17) is 5.26 Å². The standard InChI is InChI=1S/C8H9N3OS/c1-13(2,12)11-8-3-7(4-9)5-10-6-8/h3,5-6H,1-2H3. The van der Waals surface area contributed by atoms with Crippen LogP contribution >= 0.6 is 0 Å². The van der Waals surface area contributed by atoms with Crippen LogP contribution in [0, 0.1) is 11.3 Å². The van der Waals surface area contributed by atoms with Gasteiger partial charge in [-0.15, -0.1) is 0 Å². The SMILES string of the molecule is CS(C)(=O)=Nc1cncc(C#N)c1. The van der Waals surface area contributed by atoms with Gasteiger partial charge in [-0.2, -0.15) is 9.62 Å². The molecule has 1 rings (SSSR count). The van der Waals surface area contributed by atoms with Gasteiger partial charge in [0.1, 0.15) is 6.07 Å². The van der Waals surface area contributed by atoms with Crippen LogP contribution in [0.4, 0.5) is 5.69 Å². The van der Waals surface area contributed by atoms with E-state index in [9.17, 15) is 4.21 Å². The molecule has 4 nitrogen and oxygen atoms in total. The van der Waals surface area contributed by atoms with Gasteiger partial charge < -0.3 is 0 Å². The van der Waals surface area contributed by atoms with Crippen LogP contribution in [-0.4, -0.2) is 21.7 Å². The van der Waals surface area contributed by atoms with E-state index in [0.29, 0.717) is 11.3 Å². The largest absolute Gasteiger partial charge is 0.261 e. The second-order valence-corrected chi connectivity index (χ2v) is 5.36. The Hall–Kier alpha value is -1.41. The first-order valence-corrected chi connectivity index (χ1v) is 5.87. The van der Waals surface area contributed by atoms with E-state index < -0.39 is 9.73 Å². The number of hydrogen-bond donors (Lipinski definition) is 0. The highest BCUT2D eigenvalue weighted by atomic mass is 32.2. The van der Waals surface area contributed by atoms with E-state index >= 15 is 0 Å². The van der Waals surface area contributed by atoms with Crippen LogP contribution in [-0.2, 0) is 9.73 Å². The molecule has 0 spiro atoms. The molecule has 1 aromatic heterocycles. The van der Waals surface area contributed by atoms with Crippen molar-refractivity contribution in [2.75, 3.05) is 12.5 Å². The highest BCUT2D eigenvalue weighted by Gasteiger charge is 1.96. The Morgan fingerprint density at radius 2 is 2.23 bits per heavy atom. The molecule has 0 fully saturated rings. The van der Waals surface area contributed by atoms with E-state index in [2.05, 4.69) is 9.35 Å². The Labute approximate surface area is 77.4 Å². The van der Waals surface area contributed by atoms with Crippen molar-refractivity contribution in [3.05, 3.63) is 24.0 Å². The fraction of sp³-hybridized carbons (Fsp3) is 0.250. The molecule has 0 saturated carbocycles. The van der Waals surface area contributed by atoms with Gasteiger partial charge in [-0.1, -0.05) is 0 Å². The minimum absolute atomic E-state index is 0.421. The lowest BCUT2D eigenvalue weighted by Gasteiger charge is -1.95. The molecular formula is C8H9N3OS. The number of pyridine rings is 1. The van der Waals surface area contributed by atoms with Crippen molar-refractivity contribution in [2.45, 2.75) is 0 Å². The van der Waals surface area contributed by atoms with Gasteiger partial charge in [0.05, 0.1) is 17.4 Å². The molecular weight excluding hydrogens is 186 g/mol. The van der Waals surface area contributed by atoms with Crippen LogP contribution in [0.2, 0.25) is 0 Å². The minimum Gasteiger partial charge on any atom is -0.261 e. The third-order valence-corrected chi connectivity index (χ3v) is 1.83. The molecule has 0 radical (unpaired) electrons. The average molecular weight is 195 g/mol. The summed E-state index contributed by atoms with van der Waals surface area (Å²) in [6.07, 6.45) is 5.98. The van der Waals surface area contributed by atoms with E-state index in [1.54, 1.807) is 6.07 Å². The van der Waals surface area contributed by atoms with Gasteiger partial charge in [-0.25, -0.2) is 4.21 Å². The zero-order valence-electron chi connectivity index (χ0n) is 7.39. The summed E-state index contributed by atoms with van der Waals surface area (Å²) in [7, 11) is -2.18. The molecule has 5 heteroatoms. The summed E-state index contributed by atoms with van der Waals surface area (Å²) in [6, 6.07) is 3.49. The summed E-state index contributed by atoms with van der Waals surface area (Å²) in [5.74, 6) is 0. The zero-order valence-corrected chi connectivity index (χ0v) is 8.21. The summed E-state index contributed by atoms with van der Waals surface area (Å²) >= 11 is 0. The predicted molar refractivity (Wildman–Crippen MR) is 51.0 cm³/mol. The van der Waals surface area contributed by atoms with Crippen molar-refractivity contribution in [1.29, 1.82) is 5.26 Å². The van der Waals surface area contributed by atoms with Crippen molar-refractivity contribution in [1.82, 2.24) is 4.98 Å². The molecule has 68 valence electrons. The lowest BCUT2D eigenvalue weighted by Crippen LogP contribution is -1.89. The Bertz CT molecular complexity index is 459.